The number of halogens is 1. The van der Waals surface area contributed by atoms with Crippen molar-refractivity contribution in [2.75, 3.05) is 0 Å². The van der Waals surface area contributed by atoms with Gasteiger partial charge in [0.1, 0.15) is 0 Å². The summed E-state index contributed by atoms with van der Waals surface area (Å²) in [5, 5.41) is 4.08. The summed E-state index contributed by atoms with van der Waals surface area (Å²) in [5.74, 6) is 0. The first-order chi connectivity index (χ1) is 7.18. The molecule has 78 valence electrons. The first-order valence-electron chi connectivity index (χ1n) is 4.53. The van der Waals surface area contributed by atoms with Crippen molar-refractivity contribution in [1.82, 2.24) is 14.8 Å². The molecule has 0 aliphatic rings. The molecule has 2 aromatic heterocycles. The Morgan fingerprint density at radius 3 is 2.73 bits per heavy atom. The maximum absolute atomic E-state index is 6.07. The van der Waals surface area contributed by atoms with Crippen molar-refractivity contribution in [3.05, 3.63) is 46.5 Å². The van der Waals surface area contributed by atoms with Crippen LogP contribution < -0.4 is 5.73 Å². The van der Waals surface area contributed by atoms with E-state index in [0.717, 1.165) is 15.9 Å². The molecule has 0 saturated carbocycles. The highest BCUT2D eigenvalue weighted by molar-refractivity contribution is 9.10. The molecule has 2 N–H and O–H groups in total. The maximum Gasteiger partial charge on any atom is 0.0896 e. The summed E-state index contributed by atoms with van der Waals surface area (Å²) in [5.41, 5.74) is 7.86. The van der Waals surface area contributed by atoms with Crippen LogP contribution in [0, 0.1) is 0 Å². The number of aryl methyl sites for hydroxylation is 1. The molecular weight excluding hydrogens is 256 g/mol. The highest BCUT2D eigenvalue weighted by Crippen LogP contribution is 2.18. The van der Waals surface area contributed by atoms with E-state index < -0.39 is 0 Å². The molecule has 0 amide bonds. The lowest BCUT2D eigenvalue weighted by Gasteiger charge is -2.11. The third-order valence-corrected chi connectivity index (χ3v) is 2.72. The molecule has 0 aliphatic heterocycles. The lowest BCUT2D eigenvalue weighted by atomic mass is 10.1. The Labute approximate surface area is 96.3 Å². The van der Waals surface area contributed by atoms with Crippen molar-refractivity contribution in [2.45, 2.75) is 6.04 Å². The van der Waals surface area contributed by atoms with E-state index in [0.29, 0.717) is 0 Å². The van der Waals surface area contributed by atoms with Crippen LogP contribution >= 0.6 is 15.9 Å². The predicted molar refractivity (Wildman–Crippen MR) is 61.2 cm³/mol. The summed E-state index contributed by atoms with van der Waals surface area (Å²) in [4.78, 5) is 4.26. The van der Waals surface area contributed by atoms with Crippen molar-refractivity contribution in [2.24, 2.45) is 12.8 Å². The van der Waals surface area contributed by atoms with E-state index in [1.165, 1.54) is 0 Å². The van der Waals surface area contributed by atoms with Crippen molar-refractivity contribution < 1.29 is 0 Å². The fraction of sp³-hybridized carbons (Fsp3) is 0.200. The zero-order chi connectivity index (χ0) is 10.8. The Hall–Kier alpha value is -1.20. The minimum atomic E-state index is -0.231. The molecule has 2 heterocycles. The molecule has 1 atom stereocenters. The largest absolute Gasteiger partial charge is 0.318 e. The molecule has 0 radical (unpaired) electrons. The molecule has 1 unspecified atom stereocenters. The van der Waals surface area contributed by atoms with Gasteiger partial charge in [-0.2, -0.15) is 5.10 Å². The van der Waals surface area contributed by atoms with Crippen molar-refractivity contribution >= 4 is 15.9 Å². The maximum atomic E-state index is 6.07. The summed E-state index contributed by atoms with van der Waals surface area (Å²) in [6.45, 7) is 0. The molecular formula is C10H11BrN4. The molecule has 0 aliphatic carbocycles. The van der Waals surface area contributed by atoms with Gasteiger partial charge in [-0.1, -0.05) is 0 Å². The van der Waals surface area contributed by atoms with Crippen LogP contribution in [0.3, 0.4) is 0 Å². The number of hydrogen-bond donors (Lipinski definition) is 1. The van der Waals surface area contributed by atoms with Crippen LogP contribution in [0.4, 0.5) is 0 Å². The quantitative estimate of drug-likeness (QED) is 0.899. The molecule has 0 bridgehead atoms. The van der Waals surface area contributed by atoms with Crippen LogP contribution in [-0.4, -0.2) is 14.8 Å². The van der Waals surface area contributed by atoms with Gasteiger partial charge in [-0.05, 0) is 34.1 Å². The van der Waals surface area contributed by atoms with E-state index >= 15 is 0 Å². The van der Waals surface area contributed by atoms with Gasteiger partial charge >= 0.3 is 0 Å². The van der Waals surface area contributed by atoms with E-state index in [9.17, 15) is 0 Å². The topological polar surface area (TPSA) is 56.7 Å². The first kappa shape index (κ1) is 10.3. The average Bonchev–Trinajstić information content (AvgIpc) is 2.65. The van der Waals surface area contributed by atoms with Gasteiger partial charge in [0.2, 0.25) is 0 Å². The van der Waals surface area contributed by atoms with Gasteiger partial charge < -0.3 is 5.73 Å². The zero-order valence-electron chi connectivity index (χ0n) is 8.26. The molecule has 2 rings (SSSR count). The number of pyridine rings is 1. The summed E-state index contributed by atoms with van der Waals surface area (Å²) in [6.07, 6.45) is 3.47. The Kier molecular flexibility index (Phi) is 2.83. The van der Waals surface area contributed by atoms with E-state index in [1.807, 2.05) is 25.2 Å². The highest BCUT2D eigenvalue weighted by Gasteiger charge is 2.13. The summed E-state index contributed by atoms with van der Waals surface area (Å²) in [7, 11) is 1.87. The van der Waals surface area contributed by atoms with E-state index in [2.05, 4.69) is 26.0 Å². The van der Waals surface area contributed by atoms with Gasteiger partial charge in [-0.15, -0.1) is 0 Å². The second-order valence-corrected chi connectivity index (χ2v) is 4.17. The molecule has 0 fully saturated rings. The Bertz CT molecular complexity index is 449. The summed E-state index contributed by atoms with van der Waals surface area (Å²) >= 11 is 3.34. The average molecular weight is 267 g/mol. The molecule has 5 heteroatoms. The first-order valence-corrected chi connectivity index (χ1v) is 5.32. The van der Waals surface area contributed by atoms with Gasteiger partial charge in [-0.3, -0.25) is 9.67 Å². The molecule has 4 nitrogen and oxygen atoms in total. The van der Waals surface area contributed by atoms with Crippen LogP contribution in [0.2, 0.25) is 0 Å². The fourth-order valence-electron chi connectivity index (χ4n) is 1.41. The number of nitrogens with two attached hydrogens (primary N) is 1. The normalized spacial score (nSPS) is 12.7. The Morgan fingerprint density at radius 1 is 1.40 bits per heavy atom. The number of aromatic nitrogens is 3. The van der Waals surface area contributed by atoms with Gasteiger partial charge in [0, 0.05) is 23.9 Å². The Balaban J connectivity index is 2.32. The Morgan fingerprint density at radius 2 is 2.20 bits per heavy atom. The third-order valence-electron chi connectivity index (χ3n) is 2.25. The van der Waals surface area contributed by atoms with Crippen LogP contribution in [0.5, 0.6) is 0 Å². The van der Waals surface area contributed by atoms with Crippen molar-refractivity contribution in [3.8, 4) is 0 Å². The molecule has 0 saturated heterocycles. The smallest absolute Gasteiger partial charge is 0.0896 e. The zero-order valence-corrected chi connectivity index (χ0v) is 9.85. The minimum absolute atomic E-state index is 0.231. The number of rotatable bonds is 2. The highest BCUT2D eigenvalue weighted by atomic mass is 79.9. The van der Waals surface area contributed by atoms with Crippen LogP contribution in [-0.2, 0) is 7.05 Å². The van der Waals surface area contributed by atoms with Crippen molar-refractivity contribution in [3.63, 3.8) is 0 Å². The monoisotopic (exact) mass is 266 g/mol. The summed E-state index contributed by atoms with van der Waals surface area (Å²) in [6, 6.07) is 5.50. The molecule has 2 aromatic rings. The fourth-order valence-corrected chi connectivity index (χ4v) is 1.65. The lowest BCUT2D eigenvalue weighted by Crippen LogP contribution is -2.17. The standard InChI is InChI=1S/C10H11BrN4/c1-15-9(4-5-14-15)10(12)8-3-2-7(11)6-13-8/h2-6,10H,12H2,1H3. The SMILES string of the molecule is Cn1nccc1C(N)c1ccc(Br)cn1. The van der Waals surface area contributed by atoms with Crippen LogP contribution in [0.25, 0.3) is 0 Å². The van der Waals surface area contributed by atoms with Crippen LogP contribution in [0.1, 0.15) is 17.4 Å². The molecule has 0 spiro atoms. The second-order valence-electron chi connectivity index (χ2n) is 3.26. The van der Waals surface area contributed by atoms with Gasteiger partial charge in [0.15, 0.2) is 0 Å². The second kappa shape index (κ2) is 4.12. The third kappa shape index (κ3) is 2.08. The molecule has 0 aromatic carbocycles. The number of hydrogen-bond acceptors (Lipinski definition) is 3. The van der Waals surface area contributed by atoms with E-state index in [4.69, 9.17) is 5.73 Å². The summed E-state index contributed by atoms with van der Waals surface area (Å²) < 4.78 is 2.71. The molecule has 15 heavy (non-hydrogen) atoms. The number of nitrogens with zero attached hydrogens (tertiary/aromatic N) is 3. The van der Waals surface area contributed by atoms with Gasteiger partial charge in [-0.25, -0.2) is 0 Å². The van der Waals surface area contributed by atoms with E-state index in [1.54, 1.807) is 17.1 Å². The predicted octanol–water partition coefficient (Wildman–Crippen LogP) is 1.63. The van der Waals surface area contributed by atoms with Crippen molar-refractivity contribution in [1.29, 1.82) is 0 Å². The lowest BCUT2D eigenvalue weighted by molar-refractivity contribution is 0.664. The van der Waals surface area contributed by atoms with Gasteiger partial charge in [0.05, 0.1) is 17.4 Å². The minimum Gasteiger partial charge on any atom is -0.318 e. The van der Waals surface area contributed by atoms with Crippen LogP contribution in [0.15, 0.2) is 35.1 Å². The van der Waals surface area contributed by atoms with E-state index in [-0.39, 0.29) is 6.04 Å². The van der Waals surface area contributed by atoms with Gasteiger partial charge in [0.25, 0.3) is 0 Å².